The highest BCUT2D eigenvalue weighted by Crippen LogP contribution is 2.60. The van der Waals surface area contributed by atoms with E-state index in [4.69, 9.17) is 18.9 Å². The monoisotopic (exact) mass is 490 g/mol. The highest BCUT2D eigenvalue weighted by atomic mass is 16.7. The van der Waals surface area contributed by atoms with Gasteiger partial charge >= 0.3 is 11.9 Å². The zero-order chi connectivity index (χ0) is 24.8. The van der Waals surface area contributed by atoms with Gasteiger partial charge in [0.1, 0.15) is 0 Å². The lowest BCUT2D eigenvalue weighted by atomic mass is 9.50. The van der Waals surface area contributed by atoms with Crippen LogP contribution in [0.2, 0.25) is 0 Å². The van der Waals surface area contributed by atoms with Crippen molar-refractivity contribution in [3.8, 4) is 0 Å². The maximum Gasteiger partial charge on any atom is 0.304 e. The van der Waals surface area contributed by atoms with E-state index in [-0.39, 0.29) is 23.8 Å². The van der Waals surface area contributed by atoms with Crippen molar-refractivity contribution in [2.45, 2.75) is 123 Å². The molecule has 0 heterocycles. The Morgan fingerprint density at radius 2 is 1.03 bits per heavy atom. The molecule has 0 aromatic rings. The molecule has 0 N–H and O–H groups in total. The molecule has 6 nitrogen and oxygen atoms in total. The van der Waals surface area contributed by atoms with Gasteiger partial charge < -0.3 is 18.9 Å². The van der Waals surface area contributed by atoms with Crippen molar-refractivity contribution < 1.29 is 28.5 Å². The standard InChI is InChI=1S/C15H24O3.C14H22O3/c1-10(16)18-11(2)17-9-15-6-12-3-13(7-15)5-14(4-12)8-15;1-9(15)16-10(2)17-14-6-11-3-12(7-14)5-13(4-11)8-14/h11-14H,3-9H2,1-2H3;10-13H,3-8H2,1-2H3. The lowest BCUT2D eigenvalue weighted by molar-refractivity contribution is -0.244. The van der Waals surface area contributed by atoms with Crippen LogP contribution in [0, 0.1) is 40.9 Å². The van der Waals surface area contributed by atoms with E-state index in [1.54, 1.807) is 0 Å². The van der Waals surface area contributed by atoms with Crippen molar-refractivity contribution in [2.75, 3.05) is 6.61 Å². The molecule has 0 aromatic heterocycles. The van der Waals surface area contributed by atoms with Crippen molar-refractivity contribution in [1.29, 1.82) is 0 Å². The second-order valence-electron chi connectivity index (χ2n) is 13.3. The zero-order valence-electron chi connectivity index (χ0n) is 22.3. The van der Waals surface area contributed by atoms with Gasteiger partial charge in [-0.25, -0.2) is 0 Å². The first-order valence-corrected chi connectivity index (χ1v) is 14.2. The molecule has 0 radical (unpaired) electrons. The van der Waals surface area contributed by atoms with Crippen LogP contribution >= 0.6 is 0 Å². The predicted molar refractivity (Wildman–Crippen MR) is 131 cm³/mol. The van der Waals surface area contributed by atoms with Gasteiger partial charge in [-0.2, -0.15) is 0 Å². The molecular formula is C29H46O6. The maximum atomic E-state index is 10.9. The van der Waals surface area contributed by atoms with Gasteiger partial charge in [-0.05, 0) is 132 Å². The summed E-state index contributed by atoms with van der Waals surface area (Å²) in [6.45, 7) is 7.33. The van der Waals surface area contributed by atoms with E-state index in [2.05, 4.69) is 0 Å². The molecule has 198 valence electrons. The summed E-state index contributed by atoms with van der Waals surface area (Å²) >= 11 is 0. The van der Waals surface area contributed by atoms with Gasteiger partial charge in [0.05, 0.1) is 12.2 Å². The highest BCUT2D eigenvalue weighted by Gasteiger charge is 2.53. The molecule has 0 aliphatic heterocycles. The van der Waals surface area contributed by atoms with Gasteiger partial charge in [0.2, 0.25) is 6.29 Å². The number of rotatable bonds is 7. The normalized spacial score (nSPS) is 43.8. The van der Waals surface area contributed by atoms with Crippen molar-refractivity contribution >= 4 is 11.9 Å². The minimum atomic E-state index is -0.393. The SMILES string of the molecule is CC(=O)OC(C)OC12CC3CC(CC(C3)C1)C2.CC(=O)OC(C)OCC12CC3CC(CC(C3)C1)C2. The fraction of sp³-hybridized carbons (Fsp3) is 0.931. The number of carbonyl (C=O) groups is 2. The van der Waals surface area contributed by atoms with Crippen LogP contribution in [0.1, 0.15) is 105 Å². The van der Waals surface area contributed by atoms with Crippen molar-refractivity contribution in [2.24, 2.45) is 40.9 Å². The second-order valence-corrected chi connectivity index (χ2v) is 13.3. The van der Waals surface area contributed by atoms with E-state index in [1.807, 2.05) is 13.8 Å². The molecule has 8 saturated carbocycles. The van der Waals surface area contributed by atoms with E-state index in [9.17, 15) is 9.59 Å². The van der Waals surface area contributed by atoms with Crippen LogP contribution in [0.4, 0.5) is 0 Å². The van der Waals surface area contributed by atoms with Crippen molar-refractivity contribution in [1.82, 2.24) is 0 Å². The number of carbonyl (C=O) groups excluding carboxylic acids is 2. The minimum absolute atomic E-state index is 0.0314. The van der Waals surface area contributed by atoms with Gasteiger partial charge in [0.25, 0.3) is 0 Å². The van der Waals surface area contributed by atoms with Gasteiger partial charge in [0, 0.05) is 13.8 Å². The van der Waals surface area contributed by atoms with Crippen LogP contribution < -0.4 is 0 Å². The Hall–Kier alpha value is -1.14. The third-order valence-corrected chi connectivity index (χ3v) is 9.85. The first kappa shape index (κ1) is 25.5. The minimum Gasteiger partial charge on any atom is -0.436 e. The predicted octanol–water partition coefficient (Wildman–Crippen LogP) is 6.01. The van der Waals surface area contributed by atoms with Gasteiger partial charge in [-0.15, -0.1) is 0 Å². The molecule has 2 unspecified atom stereocenters. The zero-order valence-corrected chi connectivity index (χ0v) is 22.3. The lowest BCUT2D eigenvalue weighted by Gasteiger charge is -2.56. The number of hydrogen-bond acceptors (Lipinski definition) is 6. The molecular weight excluding hydrogens is 444 g/mol. The van der Waals surface area contributed by atoms with Crippen LogP contribution in [0.25, 0.3) is 0 Å². The summed E-state index contributed by atoms with van der Waals surface area (Å²) in [6, 6.07) is 0. The van der Waals surface area contributed by atoms with E-state index in [0.717, 1.165) is 42.1 Å². The Bertz CT molecular complexity index is 719. The average molecular weight is 491 g/mol. The van der Waals surface area contributed by atoms with E-state index < -0.39 is 6.29 Å². The molecule has 35 heavy (non-hydrogen) atoms. The highest BCUT2D eigenvalue weighted by molar-refractivity contribution is 5.66. The summed E-state index contributed by atoms with van der Waals surface area (Å²) in [5, 5.41) is 0. The first-order valence-electron chi connectivity index (χ1n) is 14.2. The smallest absolute Gasteiger partial charge is 0.304 e. The Morgan fingerprint density at radius 1 is 0.657 bits per heavy atom. The summed E-state index contributed by atoms with van der Waals surface area (Å²) in [4.78, 5) is 21.8. The topological polar surface area (TPSA) is 71.1 Å². The molecule has 8 fully saturated rings. The van der Waals surface area contributed by atoms with Gasteiger partial charge in [-0.1, -0.05) is 0 Å². The van der Waals surface area contributed by atoms with Crippen LogP contribution in [0.3, 0.4) is 0 Å². The number of esters is 2. The quantitative estimate of drug-likeness (QED) is 0.321. The molecule has 8 aliphatic rings. The Morgan fingerprint density at radius 3 is 1.43 bits per heavy atom. The maximum absolute atomic E-state index is 10.9. The third kappa shape index (κ3) is 6.06. The number of ether oxygens (including phenoxy) is 4. The number of hydrogen-bond donors (Lipinski definition) is 0. The first-order chi connectivity index (χ1) is 16.6. The van der Waals surface area contributed by atoms with E-state index in [0.29, 0.717) is 5.41 Å². The lowest BCUT2D eigenvalue weighted by Crippen LogP contribution is -2.53. The fourth-order valence-corrected chi connectivity index (χ4v) is 9.81. The molecule has 2 atom stereocenters. The van der Waals surface area contributed by atoms with Crippen LogP contribution in [0.15, 0.2) is 0 Å². The fourth-order valence-electron chi connectivity index (χ4n) is 9.81. The van der Waals surface area contributed by atoms with E-state index >= 15 is 0 Å². The van der Waals surface area contributed by atoms with Crippen LogP contribution in [0.5, 0.6) is 0 Å². The summed E-state index contributed by atoms with van der Waals surface area (Å²) < 4.78 is 22.1. The third-order valence-electron chi connectivity index (χ3n) is 9.85. The van der Waals surface area contributed by atoms with Crippen molar-refractivity contribution in [3.05, 3.63) is 0 Å². The van der Waals surface area contributed by atoms with Crippen LogP contribution in [-0.4, -0.2) is 36.7 Å². The Balaban J connectivity index is 0.000000145. The summed E-state index contributed by atoms with van der Waals surface area (Å²) in [6.07, 6.45) is 15.4. The molecule has 0 aromatic carbocycles. The van der Waals surface area contributed by atoms with E-state index in [1.165, 1.54) is 90.9 Å². The Kier molecular flexibility index (Phi) is 7.26. The Labute approximate surface area is 211 Å². The van der Waals surface area contributed by atoms with Crippen molar-refractivity contribution in [3.63, 3.8) is 0 Å². The average Bonchev–Trinajstić information content (AvgIpc) is 2.69. The molecule has 0 saturated heterocycles. The summed E-state index contributed by atoms with van der Waals surface area (Å²) in [5.41, 5.74) is 0.437. The molecule has 8 aliphatic carbocycles. The molecule has 0 amide bonds. The van der Waals surface area contributed by atoms with Gasteiger partial charge in [0.15, 0.2) is 6.29 Å². The largest absolute Gasteiger partial charge is 0.436 e. The second kappa shape index (κ2) is 9.96. The molecule has 6 heteroatoms. The molecule has 8 rings (SSSR count). The molecule has 0 spiro atoms. The van der Waals surface area contributed by atoms with Gasteiger partial charge in [-0.3, -0.25) is 9.59 Å². The molecule has 8 bridgehead atoms. The van der Waals surface area contributed by atoms with Crippen LogP contribution in [-0.2, 0) is 28.5 Å². The summed E-state index contributed by atoms with van der Waals surface area (Å²) in [7, 11) is 0. The summed E-state index contributed by atoms with van der Waals surface area (Å²) in [5.74, 6) is 4.94.